The summed E-state index contributed by atoms with van der Waals surface area (Å²) in [6.45, 7) is 2.05. The molecule has 0 aliphatic heterocycles. The lowest BCUT2D eigenvalue weighted by Gasteiger charge is -2.20. The second kappa shape index (κ2) is 5.38. The number of H-pyrrole nitrogens is 1. The molecular formula is C20H17N3O2. The maximum atomic E-state index is 12.0. The third-order valence-electron chi connectivity index (χ3n) is 4.92. The number of aryl methyl sites for hydroxylation is 3. The topological polar surface area (TPSA) is 91.9 Å². The van der Waals surface area contributed by atoms with Crippen molar-refractivity contribution in [1.82, 2.24) is 4.98 Å². The highest BCUT2D eigenvalue weighted by molar-refractivity contribution is 6.01. The smallest absolute Gasteiger partial charge is 0.340 e. The zero-order chi connectivity index (χ0) is 17.7. The van der Waals surface area contributed by atoms with Crippen molar-refractivity contribution >= 4 is 22.6 Å². The van der Waals surface area contributed by atoms with Crippen LogP contribution in [0.5, 0.6) is 0 Å². The van der Waals surface area contributed by atoms with Gasteiger partial charge in [0.25, 0.3) is 0 Å². The van der Waals surface area contributed by atoms with Crippen LogP contribution >= 0.6 is 0 Å². The van der Waals surface area contributed by atoms with Crippen molar-refractivity contribution in [3.8, 4) is 17.3 Å². The Labute approximate surface area is 145 Å². The summed E-state index contributed by atoms with van der Waals surface area (Å²) in [6.07, 6.45) is 1.60. The fraction of sp³-hybridized carbons (Fsp3) is 0.200. The molecule has 3 aromatic rings. The molecule has 1 heterocycles. The molecule has 1 aliphatic rings. The molecule has 5 nitrogen and oxygen atoms in total. The van der Waals surface area contributed by atoms with Crippen molar-refractivity contribution in [2.24, 2.45) is 0 Å². The fourth-order valence-electron chi connectivity index (χ4n) is 3.73. The molecular weight excluding hydrogens is 314 g/mol. The van der Waals surface area contributed by atoms with Crippen LogP contribution in [0.2, 0.25) is 0 Å². The first-order valence-corrected chi connectivity index (χ1v) is 8.10. The number of nitrogens with two attached hydrogens (primary N) is 1. The third kappa shape index (κ3) is 2.11. The summed E-state index contributed by atoms with van der Waals surface area (Å²) in [5.74, 6) is -0.519. The maximum Gasteiger partial charge on any atom is 0.340 e. The Morgan fingerprint density at radius 1 is 1.32 bits per heavy atom. The van der Waals surface area contributed by atoms with Gasteiger partial charge in [0.1, 0.15) is 6.07 Å². The molecule has 2 aromatic carbocycles. The average molecular weight is 331 g/mol. The van der Waals surface area contributed by atoms with Crippen molar-refractivity contribution in [2.45, 2.75) is 19.8 Å². The number of esters is 1. The highest BCUT2D eigenvalue weighted by Gasteiger charge is 2.28. The van der Waals surface area contributed by atoms with Gasteiger partial charge in [0.2, 0.25) is 0 Å². The van der Waals surface area contributed by atoms with Crippen LogP contribution in [0.1, 0.15) is 32.6 Å². The van der Waals surface area contributed by atoms with Gasteiger partial charge in [-0.3, -0.25) is 0 Å². The molecule has 1 aromatic heterocycles. The molecule has 0 saturated heterocycles. The number of fused-ring (bicyclic) bond motifs is 5. The van der Waals surface area contributed by atoms with Gasteiger partial charge in [0.05, 0.1) is 29.6 Å². The zero-order valence-electron chi connectivity index (χ0n) is 14.1. The predicted octanol–water partition coefficient (Wildman–Crippen LogP) is 3.48. The number of carbonyl (C=O) groups excluding carboxylic acids is 1. The number of nitrogens with zero attached hydrogens (tertiary/aromatic N) is 1. The monoisotopic (exact) mass is 331 g/mol. The lowest BCUT2D eigenvalue weighted by atomic mass is 9.84. The molecule has 0 atom stereocenters. The van der Waals surface area contributed by atoms with Crippen molar-refractivity contribution in [3.05, 3.63) is 52.1 Å². The van der Waals surface area contributed by atoms with E-state index in [1.165, 1.54) is 23.6 Å². The highest BCUT2D eigenvalue weighted by atomic mass is 16.5. The number of nitrogens with one attached hydrogen (secondary N) is 1. The van der Waals surface area contributed by atoms with Crippen molar-refractivity contribution < 1.29 is 9.53 Å². The van der Waals surface area contributed by atoms with Crippen molar-refractivity contribution in [2.75, 3.05) is 12.8 Å². The standard InChI is InChI=1S/C20H17N3O2/c1-10-3-5-12-13-6-4-11-8-14(20(24)25-2)18(22)15(9-21)17(11)19(13)23-16(12)7-10/h3,5,7-8,23H,4,6,22H2,1-2H3. The summed E-state index contributed by atoms with van der Waals surface area (Å²) in [7, 11) is 1.31. The first-order valence-electron chi connectivity index (χ1n) is 8.10. The predicted molar refractivity (Wildman–Crippen MR) is 96.3 cm³/mol. The van der Waals surface area contributed by atoms with Gasteiger partial charge in [0.15, 0.2) is 0 Å². The minimum absolute atomic E-state index is 0.177. The summed E-state index contributed by atoms with van der Waals surface area (Å²) in [5.41, 5.74) is 13.0. The number of rotatable bonds is 1. The Kier molecular flexibility index (Phi) is 3.29. The Balaban J connectivity index is 2.05. The van der Waals surface area contributed by atoms with Crippen molar-refractivity contribution in [3.63, 3.8) is 0 Å². The summed E-state index contributed by atoms with van der Waals surface area (Å²) < 4.78 is 4.80. The fourth-order valence-corrected chi connectivity index (χ4v) is 3.73. The number of aromatic amines is 1. The molecule has 0 spiro atoms. The van der Waals surface area contributed by atoms with Gasteiger partial charge in [-0.15, -0.1) is 0 Å². The SMILES string of the molecule is COC(=O)c1cc2c(c(C#N)c1N)-c1[nH]c3cc(C)ccc3c1CC2. The summed E-state index contributed by atoms with van der Waals surface area (Å²) in [5, 5.41) is 10.9. The van der Waals surface area contributed by atoms with E-state index >= 15 is 0 Å². The van der Waals surface area contributed by atoms with Crippen LogP contribution in [0, 0.1) is 18.3 Å². The number of hydrogen-bond acceptors (Lipinski definition) is 4. The number of nitriles is 1. The van der Waals surface area contributed by atoms with Gasteiger partial charge in [-0.1, -0.05) is 12.1 Å². The Morgan fingerprint density at radius 2 is 2.12 bits per heavy atom. The van der Waals surface area contributed by atoms with Gasteiger partial charge in [0, 0.05) is 16.5 Å². The molecule has 1 aliphatic carbocycles. The third-order valence-corrected chi connectivity index (χ3v) is 4.92. The first kappa shape index (κ1) is 15.3. The molecule has 124 valence electrons. The molecule has 0 fully saturated rings. The lowest BCUT2D eigenvalue weighted by molar-refractivity contribution is 0.0602. The number of ether oxygens (including phenoxy) is 1. The Bertz CT molecular complexity index is 1090. The number of carbonyl (C=O) groups is 1. The van der Waals surface area contributed by atoms with Crippen molar-refractivity contribution in [1.29, 1.82) is 5.26 Å². The number of nitrogen functional groups attached to an aromatic ring is 1. The molecule has 0 unspecified atom stereocenters. The van der Waals surface area contributed by atoms with E-state index in [1.807, 2.05) is 0 Å². The van der Waals surface area contributed by atoms with Crippen LogP contribution in [0.3, 0.4) is 0 Å². The number of aromatic nitrogens is 1. The number of hydrogen-bond donors (Lipinski definition) is 2. The molecule has 0 bridgehead atoms. The molecule has 4 rings (SSSR count). The van der Waals surface area contributed by atoms with E-state index < -0.39 is 5.97 Å². The van der Waals surface area contributed by atoms with Crippen LogP contribution in [0.4, 0.5) is 5.69 Å². The van der Waals surface area contributed by atoms with Gasteiger partial charge in [-0.2, -0.15) is 5.26 Å². The van der Waals surface area contributed by atoms with E-state index in [1.54, 1.807) is 6.07 Å². The molecule has 0 amide bonds. The number of methoxy groups -OCH3 is 1. The second-order valence-corrected chi connectivity index (χ2v) is 6.38. The van der Waals surface area contributed by atoms with Crippen LogP contribution in [-0.2, 0) is 17.6 Å². The van der Waals surface area contributed by atoms with E-state index in [9.17, 15) is 10.1 Å². The van der Waals surface area contributed by atoms with Gasteiger partial charge >= 0.3 is 5.97 Å². The van der Waals surface area contributed by atoms with Crippen LogP contribution in [-0.4, -0.2) is 18.1 Å². The van der Waals surface area contributed by atoms with Crippen LogP contribution in [0.15, 0.2) is 24.3 Å². The minimum atomic E-state index is -0.519. The maximum absolute atomic E-state index is 12.0. The van der Waals surface area contributed by atoms with Crippen LogP contribution in [0.25, 0.3) is 22.2 Å². The Hall–Kier alpha value is -3.26. The highest BCUT2D eigenvalue weighted by Crippen LogP contribution is 2.42. The summed E-state index contributed by atoms with van der Waals surface area (Å²) in [4.78, 5) is 15.4. The minimum Gasteiger partial charge on any atom is -0.465 e. The second-order valence-electron chi connectivity index (χ2n) is 6.38. The van der Waals surface area contributed by atoms with Gasteiger partial charge in [-0.25, -0.2) is 4.79 Å². The van der Waals surface area contributed by atoms with E-state index in [2.05, 4.69) is 36.2 Å². The quantitative estimate of drug-likeness (QED) is 0.527. The van der Waals surface area contributed by atoms with E-state index in [0.29, 0.717) is 5.56 Å². The summed E-state index contributed by atoms with van der Waals surface area (Å²) >= 11 is 0. The summed E-state index contributed by atoms with van der Waals surface area (Å²) in [6, 6.07) is 10.3. The van der Waals surface area contributed by atoms with Gasteiger partial charge < -0.3 is 15.5 Å². The van der Waals surface area contributed by atoms with Crippen LogP contribution < -0.4 is 5.73 Å². The largest absolute Gasteiger partial charge is 0.465 e. The molecule has 5 heteroatoms. The molecule has 25 heavy (non-hydrogen) atoms. The Morgan fingerprint density at radius 3 is 2.84 bits per heavy atom. The number of anilines is 1. The molecule has 3 N–H and O–H groups in total. The average Bonchev–Trinajstić information content (AvgIpc) is 2.98. The molecule has 0 radical (unpaired) electrons. The normalized spacial score (nSPS) is 12.4. The van der Waals surface area contributed by atoms with E-state index in [0.717, 1.165) is 35.2 Å². The van der Waals surface area contributed by atoms with E-state index in [4.69, 9.17) is 10.5 Å². The lowest BCUT2D eigenvalue weighted by Crippen LogP contribution is -2.13. The van der Waals surface area contributed by atoms with E-state index in [-0.39, 0.29) is 11.3 Å². The molecule has 0 saturated carbocycles. The van der Waals surface area contributed by atoms with Gasteiger partial charge in [-0.05, 0) is 48.6 Å². The number of benzene rings is 2. The zero-order valence-corrected chi connectivity index (χ0v) is 14.1. The first-order chi connectivity index (χ1) is 12.0.